The van der Waals surface area contributed by atoms with Crippen molar-refractivity contribution < 1.29 is 64.2 Å². The van der Waals surface area contributed by atoms with Crippen molar-refractivity contribution in [3.05, 3.63) is 12.2 Å². The maximum absolute atomic E-state index is 11.1. The van der Waals surface area contributed by atoms with Gasteiger partial charge in [-0.05, 0) is 45.4 Å². The lowest BCUT2D eigenvalue weighted by Crippen LogP contribution is -2.60. The molecule has 0 bridgehead atoms. The first kappa shape index (κ1) is 40.9. The second-order valence-electron chi connectivity index (χ2n) is 12.6. The van der Waals surface area contributed by atoms with Crippen molar-refractivity contribution >= 4 is 5.97 Å². The number of rotatable bonds is 23. The lowest BCUT2D eigenvalue weighted by atomic mass is 9.91. The van der Waals surface area contributed by atoms with Crippen molar-refractivity contribution in [1.82, 2.24) is 0 Å². The van der Waals surface area contributed by atoms with Crippen LogP contribution in [0.5, 0.6) is 0 Å². The van der Waals surface area contributed by atoms with Crippen LogP contribution in [0.3, 0.4) is 0 Å². The van der Waals surface area contributed by atoms with E-state index in [1.54, 1.807) is 0 Å². The molecule has 0 spiro atoms. The van der Waals surface area contributed by atoms with Crippen molar-refractivity contribution in [3.8, 4) is 0 Å². The van der Waals surface area contributed by atoms with E-state index in [1.807, 2.05) is 6.92 Å². The first-order chi connectivity index (χ1) is 22.1. The van der Waals surface area contributed by atoms with Gasteiger partial charge < -0.3 is 59.4 Å². The molecule has 2 rings (SSSR count). The van der Waals surface area contributed by atoms with Crippen molar-refractivity contribution in [3.63, 3.8) is 0 Å². The third-order valence-corrected chi connectivity index (χ3v) is 8.84. The van der Waals surface area contributed by atoms with Crippen LogP contribution in [0.4, 0.5) is 0 Å². The van der Waals surface area contributed by atoms with Gasteiger partial charge in [-0.2, -0.15) is 0 Å². The number of unbranched alkanes of at least 4 members (excludes halogenated alkanes) is 9. The summed E-state index contributed by atoms with van der Waals surface area (Å²) in [5.74, 6) is -0.950. The van der Waals surface area contributed by atoms with Gasteiger partial charge in [-0.25, -0.2) is 0 Å². The van der Waals surface area contributed by atoms with Crippen molar-refractivity contribution in [2.45, 2.75) is 152 Å². The van der Waals surface area contributed by atoms with Crippen molar-refractivity contribution in [2.24, 2.45) is 5.92 Å². The van der Waals surface area contributed by atoms with Gasteiger partial charge in [0.05, 0.1) is 51.7 Å². The molecule has 0 aromatic rings. The molecule has 2 fully saturated rings. The fraction of sp³-hybridized carbons (Fsp3) is 0.909. The van der Waals surface area contributed by atoms with Gasteiger partial charge in [-0.1, -0.05) is 50.7 Å². The number of allylic oxidation sites excluding steroid dienone is 2. The van der Waals surface area contributed by atoms with Crippen LogP contribution in [0.1, 0.15) is 90.4 Å². The Morgan fingerprint density at radius 3 is 1.87 bits per heavy atom. The number of carbonyl (C=O) groups excluding carboxylic acids is 1. The molecule has 0 aliphatic carbocycles. The van der Waals surface area contributed by atoms with E-state index in [-0.39, 0.29) is 25.3 Å². The zero-order valence-electron chi connectivity index (χ0n) is 27.6. The van der Waals surface area contributed by atoms with Gasteiger partial charge in [-0.15, -0.1) is 0 Å². The maximum Gasteiger partial charge on any atom is 0.305 e. The lowest BCUT2D eigenvalue weighted by molar-refractivity contribution is -0.304. The number of hydrogen-bond acceptors (Lipinski definition) is 13. The standard InChI is InChI=1S/C33H60O13/c1-22(16-14-12-10-8-6-4-3-5-7-9-11-13-15-17-27(36)42-2)44-33-23(28(37)29(38)25(19-35)46-33)20-43-21-26-31(40)32(41)30(39)24(18-34)45-26/h3-4,22-26,28-35,37-41H,5-21H2,1-2H3/b4-3+. The van der Waals surface area contributed by atoms with Crippen LogP contribution in [0.25, 0.3) is 0 Å². The minimum atomic E-state index is -1.53. The topological polar surface area (TPSA) is 205 Å². The molecule has 11 atom stereocenters. The summed E-state index contributed by atoms with van der Waals surface area (Å²) in [5.41, 5.74) is 0. The third kappa shape index (κ3) is 14.1. The highest BCUT2D eigenvalue weighted by atomic mass is 16.7. The molecule has 13 heteroatoms. The number of ether oxygens (including phenoxy) is 5. The molecule has 11 unspecified atom stereocenters. The third-order valence-electron chi connectivity index (χ3n) is 8.84. The van der Waals surface area contributed by atoms with Crippen LogP contribution in [0.15, 0.2) is 12.2 Å². The molecular formula is C33H60O13. The van der Waals surface area contributed by atoms with Crippen molar-refractivity contribution in [1.29, 1.82) is 0 Å². The monoisotopic (exact) mass is 664 g/mol. The highest BCUT2D eigenvalue weighted by molar-refractivity contribution is 5.68. The summed E-state index contributed by atoms with van der Waals surface area (Å²) in [6.45, 7) is 0.481. The van der Waals surface area contributed by atoms with Crippen LogP contribution in [0.2, 0.25) is 0 Å². The van der Waals surface area contributed by atoms with E-state index in [1.165, 1.54) is 13.5 Å². The summed E-state index contributed by atoms with van der Waals surface area (Å²) >= 11 is 0. The first-order valence-corrected chi connectivity index (χ1v) is 17.0. The number of carbonyl (C=O) groups is 1. The lowest BCUT2D eigenvalue weighted by Gasteiger charge is -2.43. The summed E-state index contributed by atoms with van der Waals surface area (Å²) in [6.07, 6.45) is 6.09. The minimum absolute atomic E-state index is 0.134. The number of methoxy groups -OCH3 is 1. The number of hydrogen-bond donors (Lipinski definition) is 7. The molecule has 13 nitrogen and oxygen atoms in total. The molecule has 0 aromatic carbocycles. The van der Waals surface area contributed by atoms with E-state index in [2.05, 4.69) is 16.9 Å². The van der Waals surface area contributed by atoms with Gasteiger partial charge in [0.2, 0.25) is 0 Å². The summed E-state index contributed by atoms with van der Waals surface area (Å²) in [7, 11) is 1.42. The highest BCUT2D eigenvalue weighted by Gasteiger charge is 2.46. The predicted molar refractivity (Wildman–Crippen MR) is 168 cm³/mol. The Labute approximate surface area is 273 Å². The minimum Gasteiger partial charge on any atom is -0.469 e. The molecule has 0 radical (unpaired) electrons. The number of aliphatic hydroxyl groups excluding tert-OH is 7. The van der Waals surface area contributed by atoms with Crippen molar-refractivity contribution in [2.75, 3.05) is 33.5 Å². The number of esters is 1. The Balaban J connectivity index is 1.65. The molecule has 0 amide bonds. The zero-order chi connectivity index (χ0) is 33.9. The average molecular weight is 665 g/mol. The Bertz CT molecular complexity index is 827. The fourth-order valence-corrected chi connectivity index (χ4v) is 5.83. The molecule has 7 N–H and O–H groups in total. The SMILES string of the molecule is COC(=O)CCCCCCC/C=C/CCCCCCC(C)OC1OC(CO)C(O)C(O)C1COCC1OC(CO)C(O)C(O)C1O. The van der Waals surface area contributed by atoms with Crippen LogP contribution >= 0.6 is 0 Å². The van der Waals surface area contributed by atoms with E-state index in [0.29, 0.717) is 6.42 Å². The summed E-state index contributed by atoms with van der Waals surface area (Å²) in [5, 5.41) is 70.5. The molecule has 0 saturated carbocycles. The smallest absolute Gasteiger partial charge is 0.305 e. The van der Waals surface area contributed by atoms with Gasteiger partial charge in [0.25, 0.3) is 0 Å². The Hall–Kier alpha value is -1.23. The van der Waals surface area contributed by atoms with E-state index < -0.39 is 74.3 Å². The van der Waals surface area contributed by atoms with Gasteiger partial charge >= 0.3 is 5.97 Å². The molecular weight excluding hydrogens is 604 g/mol. The molecule has 2 heterocycles. The van der Waals surface area contributed by atoms with E-state index >= 15 is 0 Å². The molecule has 46 heavy (non-hydrogen) atoms. The Morgan fingerprint density at radius 1 is 0.696 bits per heavy atom. The molecule has 270 valence electrons. The van der Waals surface area contributed by atoms with E-state index in [9.17, 15) is 40.5 Å². The summed E-state index contributed by atoms with van der Waals surface area (Å²) in [4.78, 5) is 11.1. The summed E-state index contributed by atoms with van der Waals surface area (Å²) in [6, 6.07) is 0. The van der Waals surface area contributed by atoms with Crippen LogP contribution < -0.4 is 0 Å². The summed E-state index contributed by atoms with van der Waals surface area (Å²) < 4.78 is 27.7. The molecule has 2 saturated heterocycles. The van der Waals surface area contributed by atoms with Crippen LogP contribution in [-0.4, -0.2) is 136 Å². The van der Waals surface area contributed by atoms with Gasteiger partial charge in [0.1, 0.15) is 42.7 Å². The van der Waals surface area contributed by atoms with Gasteiger partial charge in [0.15, 0.2) is 6.29 Å². The molecule has 0 aromatic heterocycles. The Morgan fingerprint density at radius 2 is 1.24 bits per heavy atom. The van der Waals surface area contributed by atoms with E-state index in [0.717, 1.165) is 70.6 Å². The quantitative estimate of drug-likeness (QED) is 0.0465. The predicted octanol–water partition coefficient (Wildman–Crippen LogP) is 1.11. The van der Waals surface area contributed by atoms with Gasteiger partial charge in [-0.3, -0.25) is 4.79 Å². The normalized spacial score (nSPS) is 32.5. The van der Waals surface area contributed by atoms with E-state index in [4.69, 9.17) is 18.9 Å². The average Bonchev–Trinajstić information content (AvgIpc) is 3.05. The molecule has 2 aliphatic rings. The number of aliphatic hydroxyl groups is 7. The highest BCUT2D eigenvalue weighted by Crippen LogP contribution is 2.30. The van der Waals surface area contributed by atoms with Crippen LogP contribution in [0, 0.1) is 5.92 Å². The second kappa shape index (κ2) is 23.2. The maximum atomic E-state index is 11.1. The van der Waals surface area contributed by atoms with Gasteiger partial charge in [0, 0.05) is 6.42 Å². The molecule has 2 aliphatic heterocycles. The Kier molecular flexibility index (Phi) is 20.6. The first-order valence-electron chi connectivity index (χ1n) is 17.0. The fourth-order valence-electron chi connectivity index (χ4n) is 5.83. The largest absolute Gasteiger partial charge is 0.469 e. The van der Waals surface area contributed by atoms with Crippen LogP contribution in [-0.2, 0) is 28.5 Å². The second-order valence-corrected chi connectivity index (χ2v) is 12.6. The zero-order valence-corrected chi connectivity index (χ0v) is 27.6.